The molecule has 0 amide bonds. The summed E-state index contributed by atoms with van der Waals surface area (Å²) < 4.78 is 9.25. The lowest BCUT2D eigenvalue weighted by Crippen LogP contribution is -2.29. The van der Waals surface area contributed by atoms with Gasteiger partial charge in [-0.2, -0.15) is 0 Å². The third-order valence-electron chi connectivity index (χ3n) is 15.5. The molecule has 314 valence electrons. The zero-order valence-electron chi connectivity index (χ0n) is 37.0. The SMILES string of the molecule is CC1(C)c2ccccc2-c2ccc(N(c3ccc4c(c3)-c3ccccc3-c3ccccc3C43c4ccccc4-c4cc5c(cc43)sc3ccccc35)c3cccc4oc5ccccc5c34)cc21. The molecule has 2 heterocycles. The monoisotopic (exact) mass is 871 g/mol. The van der Waals surface area contributed by atoms with Gasteiger partial charge in [0, 0.05) is 42.3 Å². The molecule has 67 heavy (non-hydrogen) atoms. The number of benzene rings is 10. The molecule has 1 atom stereocenters. The topological polar surface area (TPSA) is 16.4 Å². The molecule has 0 saturated carbocycles. The summed E-state index contributed by atoms with van der Waals surface area (Å²) in [5, 5.41) is 4.85. The molecule has 2 nitrogen and oxygen atoms in total. The summed E-state index contributed by atoms with van der Waals surface area (Å²) in [7, 11) is 0. The first-order valence-corrected chi connectivity index (χ1v) is 24.1. The second-order valence-electron chi connectivity index (χ2n) is 19.1. The summed E-state index contributed by atoms with van der Waals surface area (Å²) in [5.41, 5.74) is 22.4. The molecule has 2 aromatic heterocycles. The summed E-state index contributed by atoms with van der Waals surface area (Å²) in [6.45, 7) is 4.74. The molecule has 15 rings (SSSR count). The minimum atomic E-state index is -0.602. The van der Waals surface area contributed by atoms with Crippen LogP contribution in [0.2, 0.25) is 0 Å². The van der Waals surface area contributed by atoms with Crippen molar-refractivity contribution in [3.05, 3.63) is 246 Å². The summed E-state index contributed by atoms with van der Waals surface area (Å²) in [4.78, 5) is 2.49. The van der Waals surface area contributed by atoms with Crippen molar-refractivity contribution in [1.82, 2.24) is 0 Å². The highest BCUT2D eigenvalue weighted by molar-refractivity contribution is 7.25. The van der Waals surface area contributed by atoms with Crippen molar-refractivity contribution in [2.75, 3.05) is 4.90 Å². The number of nitrogens with zero attached hydrogens (tertiary/aromatic N) is 1. The van der Waals surface area contributed by atoms with Crippen LogP contribution in [-0.4, -0.2) is 0 Å². The molecule has 0 radical (unpaired) electrons. The van der Waals surface area contributed by atoms with Crippen LogP contribution in [-0.2, 0) is 10.8 Å². The molecule has 3 aliphatic rings. The van der Waals surface area contributed by atoms with Gasteiger partial charge in [0.2, 0.25) is 0 Å². The number of anilines is 3. The van der Waals surface area contributed by atoms with E-state index in [0.717, 1.165) is 39.0 Å². The fraction of sp³-hybridized carbons (Fsp3) is 0.0625. The molecule has 0 fully saturated rings. The minimum absolute atomic E-state index is 0.171. The van der Waals surface area contributed by atoms with Gasteiger partial charge in [-0.05, 0) is 139 Å². The Morgan fingerprint density at radius 2 is 0.910 bits per heavy atom. The van der Waals surface area contributed by atoms with Gasteiger partial charge in [-0.25, -0.2) is 0 Å². The Labute approximate surface area is 392 Å². The highest BCUT2D eigenvalue weighted by atomic mass is 32.1. The number of fused-ring (bicyclic) bond motifs is 21. The van der Waals surface area contributed by atoms with Crippen LogP contribution in [0.4, 0.5) is 17.1 Å². The molecule has 3 heteroatoms. The molecule has 12 aromatic rings. The first kappa shape index (κ1) is 37.3. The lowest BCUT2D eigenvalue weighted by atomic mass is 9.66. The largest absolute Gasteiger partial charge is 0.456 e. The molecule has 1 spiro atoms. The highest BCUT2D eigenvalue weighted by Gasteiger charge is 2.50. The van der Waals surface area contributed by atoms with Crippen molar-refractivity contribution in [1.29, 1.82) is 0 Å². The van der Waals surface area contributed by atoms with Crippen molar-refractivity contribution in [3.8, 4) is 44.5 Å². The smallest absolute Gasteiger partial charge is 0.137 e. The Bertz CT molecular complexity index is 4110. The van der Waals surface area contributed by atoms with E-state index in [4.69, 9.17) is 4.42 Å². The Hall–Kier alpha value is -7.98. The molecule has 0 saturated heterocycles. The lowest BCUT2D eigenvalue weighted by molar-refractivity contribution is 0.660. The third-order valence-corrected chi connectivity index (χ3v) is 16.6. The quantitative estimate of drug-likeness (QED) is 0.176. The van der Waals surface area contributed by atoms with Gasteiger partial charge in [-0.3, -0.25) is 0 Å². The Kier molecular flexibility index (Phi) is 7.41. The van der Waals surface area contributed by atoms with Crippen LogP contribution in [0.1, 0.15) is 47.2 Å². The molecule has 1 unspecified atom stereocenters. The molecule has 0 bridgehead atoms. The van der Waals surface area contributed by atoms with Gasteiger partial charge >= 0.3 is 0 Å². The number of hydrogen-bond acceptors (Lipinski definition) is 3. The zero-order chi connectivity index (χ0) is 44.2. The van der Waals surface area contributed by atoms with Crippen LogP contribution < -0.4 is 4.90 Å². The highest BCUT2D eigenvalue weighted by Crippen LogP contribution is 2.63. The first-order chi connectivity index (χ1) is 33.0. The van der Waals surface area contributed by atoms with E-state index < -0.39 is 5.41 Å². The number of furan rings is 1. The standard InChI is InChI=1S/C64H41NOS/c1-63(2)51-23-10-5-19-43(51)45-32-30-39(35-55(45)63)65(57-26-15-28-59-62(57)47-22-8-13-27-58(47)66-59)38-31-33-54-48(34-38)41-17-4-3-16-40(41)42-18-6-11-24-52(42)64(54)53-25-12-7-20-44(53)49-36-50-46-21-9-14-29-60(46)67-61(50)37-56(49)64/h3-37H,1-2H3. The molecule has 3 aliphatic carbocycles. The van der Waals surface area contributed by atoms with E-state index in [-0.39, 0.29) is 5.41 Å². The lowest BCUT2D eigenvalue weighted by Gasteiger charge is -2.36. The van der Waals surface area contributed by atoms with Gasteiger partial charge in [0.1, 0.15) is 11.2 Å². The van der Waals surface area contributed by atoms with Crippen molar-refractivity contribution in [2.45, 2.75) is 24.7 Å². The molecular weight excluding hydrogens is 831 g/mol. The fourth-order valence-electron chi connectivity index (χ4n) is 12.6. The third kappa shape index (κ3) is 4.84. The van der Waals surface area contributed by atoms with Gasteiger partial charge in [0.15, 0.2) is 0 Å². The average molecular weight is 872 g/mol. The second-order valence-corrected chi connectivity index (χ2v) is 20.2. The van der Waals surface area contributed by atoms with Crippen LogP contribution in [0.5, 0.6) is 0 Å². The van der Waals surface area contributed by atoms with Crippen LogP contribution in [0.25, 0.3) is 86.6 Å². The first-order valence-electron chi connectivity index (χ1n) is 23.3. The fourth-order valence-corrected chi connectivity index (χ4v) is 13.8. The molecule has 0 aliphatic heterocycles. The number of rotatable bonds is 3. The molecular formula is C64H41NOS. The predicted molar refractivity (Wildman–Crippen MR) is 281 cm³/mol. The Morgan fingerprint density at radius 3 is 1.70 bits per heavy atom. The van der Waals surface area contributed by atoms with Gasteiger partial charge in [-0.15, -0.1) is 11.3 Å². The van der Waals surface area contributed by atoms with Gasteiger partial charge in [0.25, 0.3) is 0 Å². The Morgan fingerprint density at radius 1 is 0.358 bits per heavy atom. The summed E-state index contributed by atoms with van der Waals surface area (Å²) in [5.74, 6) is 0. The maximum absolute atomic E-state index is 6.61. The molecule has 10 aromatic carbocycles. The molecule has 0 N–H and O–H groups in total. The van der Waals surface area contributed by atoms with Gasteiger partial charge < -0.3 is 9.32 Å². The van der Waals surface area contributed by atoms with Crippen molar-refractivity contribution in [2.24, 2.45) is 0 Å². The number of hydrogen-bond donors (Lipinski definition) is 0. The van der Waals surface area contributed by atoms with E-state index in [1.54, 1.807) is 0 Å². The number of para-hydroxylation sites is 1. The maximum Gasteiger partial charge on any atom is 0.137 e. The normalized spacial score (nSPS) is 15.8. The van der Waals surface area contributed by atoms with E-state index in [2.05, 4.69) is 231 Å². The van der Waals surface area contributed by atoms with Gasteiger partial charge in [-0.1, -0.05) is 166 Å². The van der Waals surface area contributed by atoms with Crippen molar-refractivity contribution < 1.29 is 4.42 Å². The van der Waals surface area contributed by atoms with E-state index in [0.29, 0.717) is 0 Å². The summed E-state index contributed by atoms with van der Waals surface area (Å²) in [6.07, 6.45) is 0. The maximum atomic E-state index is 6.61. The zero-order valence-corrected chi connectivity index (χ0v) is 37.8. The minimum Gasteiger partial charge on any atom is -0.456 e. The van der Waals surface area contributed by atoms with Crippen molar-refractivity contribution >= 4 is 70.5 Å². The van der Waals surface area contributed by atoms with Crippen LogP contribution in [0, 0.1) is 0 Å². The van der Waals surface area contributed by atoms with Crippen LogP contribution in [0.15, 0.2) is 217 Å². The van der Waals surface area contributed by atoms with E-state index in [9.17, 15) is 0 Å². The number of thiophene rings is 1. The summed E-state index contributed by atoms with van der Waals surface area (Å²) in [6, 6.07) is 79.8. The van der Waals surface area contributed by atoms with Gasteiger partial charge in [0.05, 0.1) is 16.5 Å². The second kappa shape index (κ2) is 13.3. The van der Waals surface area contributed by atoms with Crippen LogP contribution >= 0.6 is 11.3 Å². The van der Waals surface area contributed by atoms with E-state index in [1.807, 2.05) is 11.3 Å². The Balaban J connectivity index is 1.05. The van der Waals surface area contributed by atoms with Crippen molar-refractivity contribution in [3.63, 3.8) is 0 Å². The average Bonchev–Trinajstić information content (AvgIpc) is 4.07. The van der Waals surface area contributed by atoms with E-state index in [1.165, 1.54) is 98.1 Å². The van der Waals surface area contributed by atoms with Crippen LogP contribution in [0.3, 0.4) is 0 Å². The predicted octanol–water partition coefficient (Wildman–Crippen LogP) is 17.7. The van der Waals surface area contributed by atoms with E-state index >= 15 is 0 Å². The summed E-state index contributed by atoms with van der Waals surface area (Å²) >= 11 is 1.90.